The Labute approximate surface area is 133 Å². The zero-order chi connectivity index (χ0) is 16.4. The van der Waals surface area contributed by atoms with Gasteiger partial charge in [-0.1, -0.05) is 42.5 Å². The van der Waals surface area contributed by atoms with Crippen molar-refractivity contribution in [3.8, 4) is 5.75 Å². The highest BCUT2D eigenvalue weighted by molar-refractivity contribution is 6.02. The molecule has 1 aliphatic heterocycles. The molecule has 0 fully saturated rings. The summed E-state index contributed by atoms with van der Waals surface area (Å²) in [6, 6.07) is 15.0. The lowest BCUT2D eigenvalue weighted by Crippen LogP contribution is -2.48. The zero-order valence-electron chi connectivity index (χ0n) is 12.3. The fourth-order valence-corrected chi connectivity index (χ4v) is 2.63. The molecule has 2 aromatic carbocycles. The Bertz CT molecular complexity index is 732. The lowest BCUT2D eigenvalue weighted by molar-refractivity contribution is -0.137. The number of carboxylic acids is 1. The molecule has 0 unspecified atom stereocenters. The standard InChI is InChI=1S/C17H16N2O4/c18-15-16(11-6-2-1-3-7-11)23-13-9-5-4-8-12(13)19(17(15)22)10-14(20)21/h1-9,15-16H,10,18H2,(H,20,21)/t15-,16+/m0/s1. The first kappa shape index (κ1) is 15.1. The molecule has 1 amide bonds. The number of amides is 1. The topological polar surface area (TPSA) is 92.9 Å². The van der Waals surface area contributed by atoms with Gasteiger partial charge in [0, 0.05) is 0 Å². The van der Waals surface area contributed by atoms with E-state index in [-0.39, 0.29) is 0 Å². The van der Waals surface area contributed by atoms with Gasteiger partial charge in [0.15, 0.2) is 0 Å². The molecule has 3 rings (SSSR count). The Balaban J connectivity index is 2.07. The first-order valence-corrected chi connectivity index (χ1v) is 7.17. The number of carbonyl (C=O) groups excluding carboxylic acids is 1. The number of benzene rings is 2. The summed E-state index contributed by atoms with van der Waals surface area (Å²) in [5, 5.41) is 9.09. The molecule has 6 heteroatoms. The first-order valence-electron chi connectivity index (χ1n) is 7.17. The van der Waals surface area contributed by atoms with E-state index in [1.807, 2.05) is 30.3 Å². The van der Waals surface area contributed by atoms with Crippen LogP contribution in [0, 0.1) is 0 Å². The number of hydrogen-bond donors (Lipinski definition) is 2. The van der Waals surface area contributed by atoms with Crippen molar-refractivity contribution in [1.82, 2.24) is 0 Å². The highest BCUT2D eigenvalue weighted by Crippen LogP contribution is 2.36. The van der Waals surface area contributed by atoms with Gasteiger partial charge in [0.1, 0.15) is 24.4 Å². The van der Waals surface area contributed by atoms with Gasteiger partial charge in [0.2, 0.25) is 5.91 Å². The van der Waals surface area contributed by atoms with Crippen LogP contribution in [0.3, 0.4) is 0 Å². The van der Waals surface area contributed by atoms with Crippen LogP contribution >= 0.6 is 0 Å². The van der Waals surface area contributed by atoms with E-state index in [0.717, 1.165) is 10.5 Å². The second-order valence-electron chi connectivity index (χ2n) is 5.26. The minimum atomic E-state index is -1.11. The number of fused-ring (bicyclic) bond motifs is 1. The van der Waals surface area contributed by atoms with Crippen molar-refractivity contribution in [1.29, 1.82) is 0 Å². The summed E-state index contributed by atoms with van der Waals surface area (Å²) in [5.74, 6) is -1.16. The van der Waals surface area contributed by atoms with Crippen LogP contribution in [0.1, 0.15) is 11.7 Å². The molecule has 1 heterocycles. The molecule has 0 saturated carbocycles. The Hall–Kier alpha value is -2.86. The van der Waals surface area contributed by atoms with E-state index in [4.69, 9.17) is 15.6 Å². The number of carboxylic acid groups (broad SMARTS) is 1. The molecule has 3 N–H and O–H groups in total. The smallest absolute Gasteiger partial charge is 0.323 e. The second kappa shape index (κ2) is 6.10. The highest BCUT2D eigenvalue weighted by atomic mass is 16.5. The maximum atomic E-state index is 12.7. The third kappa shape index (κ3) is 2.89. The molecule has 0 saturated heterocycles. The normalized spacial score (nSPS) is 20.4. The minimum Gasteiger partial charge on any atom is -0.481 e. The monoisotopic (exact) mass is 312 g/mol. The summed E-state index contributed by atoms with van der Waals surface area (Å²) in [6.45, 7) is -0.464. The van der Waals surface area contributed by atoms with Crippen LogP contribution in [0.25, 0.3) is 0 Å². The van der Waals surface area contributed by atoms with Crippen LogP contribution in [-0.2, 0) is 9.59 Å². The van der Waals surface area contributed by atoms with E-state index >= 15 is 0 Å². The lowest BCUT2D eigenvalue weighted by Gasteiger charge is -2.23. The molecule has 2 aromatic rings. The summed E-state index contributed by atoms with van der Waals surface area (Å²) in [6.07, 6.45) is -0.677. The molecule has 0 aromatic heterocycles. The van der Waals surface area contributed by atoms with Gasteiger partial charge >= 0.3 is 5.97 Å². The third-order valence-corrected chi connectivity index (χ3v) is 3.71. The summed E-state index contributed by atoms with van der Waals surface area (Å²) in [5.41, 5.74) is 7.27. The molecule has 0 aliphatic carbocycles. The third-order valence-electron chi connectivity index (χ3n) is 3.71. The maximum absolute atomic E-state index is 12.7. The van der Waals surface area contributed by atoms with Crippen molar-refractivity contribution in [2.45, 2.75) is 12.1 Å². The van der Waals surface area contributed by atoms with Crippen LogP contribution in [-0.4, -0.2) is 29.6 Å². The summed E-state index contributed by atoms with van der Waals surface area (Å²) >= 11 is 0. The van der Waals surface area contributed by atoms with E-state index in [0.29, 0.717) is 11.4 Å². The van der Waals surface area contributed by atoms with Crippen LogP contribution in [0.2, 0.25) is 0 Å². The van der Waals surface area contributed by atoms with E-state index in [1.165, 1.54) is 0 Å². The van der Waals surface area contributed by atoms with Crippen molar-refractivity contribution >= 4 is 17.6 Å². The van der Waals surface area contributed by atoms with Crippen LogP contribution in [0.4, 0.5) is 5.69 Å². The zero-order valence-corrected chi connectivity index (χ0v) is 12.3. The lowest BCUT2D eigenvalue weighted by atomic mass is 10.0. The van der Waals surface area contributed by atoms with Gasteiger partial charge in [-0.25, -0.2) is 0 Å². The number of para-hydroxylation sites is 2. The Morgan fingerprint density at radius 1 is 1.13 bits per heavy atom. The number of nitrogens with two attached hydrogens (primary N) is 1. The van der Waals surface area contributed by atoms with Gasteiger partial charge in [0.05, 0.1) is 5.69 Å². The van der Waals surface area contributed by atoms with E-state index in [2.05, 4.69) is 0 Å². The van der Waals surface area contributed by atoms with Crippen LogP contribution in [0.15, 0.2) is 54.6 Å². The minimum absolute atomic E-state index is 0.411. The van der Waals surface area contributed by atoms with Crippen molar-refractivity contribution in [3.63, 3.8) is 0 Å². The van der Waals surface area contributed by atoms with Crippen LogP contribution < -0.4 is 15.4 Å². The largest absolute Gasteiger partial charge is 0.481 e. The number of aliphatic carboxylic acids is 1. The van der Waals surface area contributed by atoms with Gasteiger partial charge in [0.25, 0.3) is 0 Å². The van der Waals surface area contributed by atoms with Crippen molar-refractivity contribution in [2.75, 3.05) is 11.4 Å². The van der Waals surface area contributed by atoms with E-state index in [9.17, 15) is 9.59 Å². The van der Waals surface area contributed by atoms with Gasteiger partial charge in [-0.2, -0.15) is 0 Å². The molecule has 23 heavy (non-hydrogen) atoms. The van der Waals surface area contributed by atoms with Crippen LogP contribution in [0.5, 0.6) is 5.75 Å². The number of carbonyl (C=O) groups is 2. The molecule has 0 radical (unpaired) electrons. The average molecular weight is 312 g/mol. The summed E-state index contributed by atoms with van der Waals surface area (Å²) < 4.78 is 5.96. The number of nitrogens with zero attached hydrogens (tertiary/aromatic N) is 1. The van der Waals surface area contributed by atoms with Gasteiger partial charge in [-0.3, -0.25) is 14.5 Å². The molecular formula is C17H16N2O4. The number of rotatable bonds is 3. The average Bonchev–Trinajstić information content (AvgIpc) is 2.66. The molecule has 118 valence electrons. The summed E-state index contributed by atoms with van der Waals surface area (Å²) in [7, 11) is 0. The quantitative estimate of drug-likeness (QED) is 0.897. The molecule has 0 bridgehead atoms. The highest BCUT2D eigenvalue weighted by Gasteiger charge is 2.37. The predicted octanol–water partition coefficient (Wildman–Crippen LogP) is 1.57. The van der Waals surface area contributed by atoms with Gasteiger partial charge < -0.3 is 15.6 Å². The fourth-order valence-electron chi connectivity index (χ4n) is 2.63. The number of anilines is 1. The second-order valence-corrected chi connectivity index (χ2v) is 5.26. The van der Waals surface area contributed by atoms with Crippen molar-refractivity contribution in [3.05, 3.63) is 60.2 Å². The maximum Gasteiger partial charge on any atom is 0.323 e. The molecule has 6 nitrogen and oxygen atoms in total. The van der Waals surface area contributed by atoms with E-state index < -0.39 is 30.6 Å². The van der Waals surface area contributed by atoms with Crippen molar-refractivity contribution in [2.24, 2.45) is 5.73 Å². The molecule has 0 spiro atoms. The molecular weight excluding hydrogens is 296 g/mol. The predicted molar refractivity (Wildman–Crippen MR) is 84.2 cm³/mol. The Kier molecular flexibility index (Phi) is 3.99. The number of ether oxygens (including phenoxy) is 1. The molecule has 1 aliphatic rings. The Morgan fingerprint density at radius 3 is 2.48 bits per heavy atom. The summed E-state index contributed by atoms with van der Waals surface area (Å²) in [4.78, 5) is 25.0. The molecule has 2 atom stereocenters. The van der Waals surface area contributed by atoms with Crippen molar-refractivity contribution < 1.29 is 19.4 Å². The van der Waals surface area contributed by atoms with Gasteiger partial charge in [-0.15, -0.1) is 0 Å². The van der Waals surface area contributed by atoms with Gasteiger partial charge in [-0.05, 0) is 17.7 Å². The number of hydrogen-bond acceptors (Lipinski definition) is 4. The fraction of sp³-hybridized carbons (Fsp3) is 0.176. The van der Waals surface area contributed by atoms with E-state index in [1.54, 1.807) is 24.3 Å². The first-order chi connectivity index (χ1) is 11.1. The SMILES string of the molecule is N[C@@H]1C(=O)N(CC(=O)O)c2ccccc2O[C@@H]1c1ccccc1. The Morgan fingerprint density at radius 2 is 1.78 bits per heavy atom.